The first-order valence-corrected chi connectivity index (χ1v) is 10.1. The van der Waals surface area contributed by atoms with Gasteiger partial charge in [0.2, 0.25) is 5.91 Å². The third-order valence-electron chi connectivity index (χ3n) is 4.61. The largest absolute Gasteiger partial charge is 0.485 e. The van der Waals surface area contributed by atoms with Crippen LogP contribution in [-0.2, 0) is 17.9 Å². The zero-order valence-corrected chi connectivity index (χ0v) is 17.5. The van der Waals surface area contributed by atoms with Crippen LogP contribution in [0.2, 0.25) is 0 Å². The van der Waals surface area contributed by atoms with Crippen molar-refractivity contribution < 1.29 is 9.53 Å². The Bertz CT molecular complexity index is 1150. The van der Waals surface area contributed by atoms with E-state index in [2.05, 4.69) is 26.2 Å². The van der Waals surface area contributed by atoms with Crippen molar-refractivity contribution in [3.63, 3.8) is 0 Å². The summed E-state index contributed by atoms with van der Waals surface area (Å²) in [7, 11) is 0. The Labute approximate surface area is 177 Å². The highest BCUT2D eigenvalue weighted by molar-refractivity contribution is 9.10. The Morgan fingerprint density at radius 1 is 1.03 bits per heavy atom. The molecule has 1 amide bonds. The minimum atomic E-state index is -0.118. The number of aryl methyl sites for hydroxylation is 1. The number of imidazole rings is 1. The predicted octanol–water partition coefficient (Wildman–Crippen LogP) is 5.32. The molecule has 0 saturated heterocycles. The van der Waals surface area contributed by atoms with E-state index in [1.807, 2.05) is 84.3 Å². The van der Waals surface area contributed by atoms with E-state index in [1.165, 1.54) is 0 Å². The van der Waals surface area contributed by atoms with Gasteiger partial charge in [0.05, 0.1) is 11.0 Å². The van der Waals surface area contributed by atoms with Crippen molar-refractivity contribution >= 4 is 38.6 Å². The first-order chi connectivity index (χ1) is 14.1. The molecule has 1 heterocycles. The van der Waals surface area contributed by atoms with Crippen LogP contribution in [0, 0.1) is 6.92 Å². The topological polar surface area (TPSA) is 56.2 Å². The number of amides is 1. The van der Waals surface area contributed by atoms with Crippen LogP contribution in [0.3, 0.4) is 0 Å². The number of aromatic nitrogens is 2. The van der Waals surface area contributed by atoms with Gasteiger partial charge >= 0.3 is 0 Å². The molecule has 0 aliphatic carbocycles. The second kappa shape index (κ2) is 8.49. The molecular weight excluding hydrogens is 430 g/mol. The molecule has 0 aliphatic heterocycles. The first-order valence-electron chi connectivity index (χ1n) is 9.28. The number of nitrogens with zero attached hydrogens (tertiary/aromatic N) is 2. The van der Waals surface area contributed by atoms with Crippen LogP contribution >= 0.6 is 15.9 Å². The minimum absolute atomic E-state index is 0.118. The van der Waals surface area contributed by atoms with Crippen LogP contribution in [0.25, 0.3) is 11.0 Å². The third kappa shape index (κ3) is 4.49. The van der Waals surface area contributed by atoms with Gasteiger partial charge in [0, 0.05) is 10.2 Å². The van der Waals surface area contributed by atoms with Gasteiger partial charge in [-0.05, 0) is 55.0 Å². The molecule has 1 N–H and O–H groups in total. The highest BCUT2D eigenvalue weighted by atomic mass is 79.9. The monoisotopic (exact) mass is 449 g/mol. The fourth-order valence-electron chi connectivity index (χ4n) is 3.15. The van der Waals surface area contributed by atoms with E-state index in [9.17, 15) is 4.79 Å². The van der Waals surface area contributed by atoms with Gasteiger partial charge in [-0.2, -0.15) is 0 Å². The molecule has 0 unspecified atom stereocenters. The molecule has 0 spiro atoms. The Balaban J connectivity index is 1.57. The summed E-state index contributed by atoms with van der Waals surface area (Å²) in [5.41, 5.74) is 3.55. The maximum Gasteiger partial charge on any atom is 0.244 e. The third-order valence-corrected chi connectivity index (χ3v) is 5.14. The van der Waals surface area contributed by atoms with E-state index in [4.69, 9.17) is 4.74 Å². The number of carbonyl (C=O) groups is 1. The number of carbonyl (C=O) groups excluding carboxylic acids is 1. The van der Waals surface area contributed by atoms with Crippen LogP contribution < -0.4 is 10.1 Å². The van der Waals surface area contributed by atoms with Crippen molar-refractivity contribution in [3.8, 4) is 5.75 Å². The Kier molecular flexibility index (Phi) is 5.62. The highest BCUT2D eigenvalue weighted by Gasteiger charge is 2.15. The van der Waals surface area contributed by atoms with Crippen LogP contribution in [0.1, 0.15) is 11.4 Å². The lowest BCUT2D eigenvalue weighted by Crippen LogP contribution is -2.20. The molecule has 146 valence electrons. The smallest absolute Gasteiger partial charge is 0.244 e. The first kappa shape index (κ1) is 19.2. The fourth-order valence-corrected chi connectivity index (χ4v) is 3.41. The van der Waals surface area contributed by atoms with Crippen LogP contribution in [0.15, 0.2) is 77.3 Å². The molecule has 0 fully saturated rings. The average Bonchev–Trinajstić information content (AvgIpc) is 3.06. The molecule has 4 rings (SSSR count). The van der Waals surface area contributed by atoms with E-state index in [1.54, 1.807) is 0 Å². The average molecular weight is 450 g/mol. The molecule has 0 aliphatic rings. The lowest BCUT2D eigenvalue weighted by molar-refractivity contribution is -0.116. The molecule has 0 radical (unpaired) electrons. The normalized spacial score (nSPS) is 10.8. The maximum atomic E-state index is 12.7. The highest BCUT2D eigenvalue weighted by Crippen LogP contribution is 2.21. The fraction of sp³-hybridized carbons (Fsp3) is 0.130. The summed E-state index contributed by atoms with van der Waals surface area (Å²) < 4.78 is 8.85. The second-order valence-corrected chi connectivity index (χ2v) is 7.63. The zero-order valence-electron chi connectivity index (χ0n) is 15.9. The summed E-state index contributed by atoms with van der Waals surface area (Å²) in [5, 5.41) is 2.93. The Morgan fingerprint density at radius 2 is 1.76 bits per heavy atom. The Morgan fingerprint density at radius 3 is 2.55 bits per heavy atom. The number of hydrogen-bond acceptors (Lipinski definition) is 3. The van der Waals surface area contributed by atoms with Crippen molar-refractivity contribution in [2.45, 2.75) is 20.1 Å². The molecule has 0 bridgehead atoms. The van der Waals surface area contributed by atoms with E-state index < -0.39 is 0 Å². The van der Waals surface area contributed by atoms with E-state index in [0.717, 1.165) is 32.5 Å². The van der Waals surface area contributed by atoms with Gasteiger partial charge in [0.1, 0.15) is 24.7 Å². The van der Waals surface area contributed by atoms with Gasteiger partial charge in [-0.3, -0.25) is 4.79 Å². The van der Waals surface area contributed by atoms with Gasteiger partial charge in [-0.15, -0.1) is 0 Å². The molecule has 3 aromatic carbocycles. The van der Waals surface area contributed by atoms with Crippen molar-refractivity contribution in [1.82, 2.24) is 9.55 Å². The number of fused-ring (bicyclic) bond motifs is 1. The van der Waals surface area contributed by atoms with Gasteiger partial charge < -0.3 is 14.6 Å². The number of para-hydroxylation sites is 3. The number of halogens is 1. The molecule has 0 saturated carbocycles. The molecule has 1 aromatic heterocycles. The molecule has 0 atom stereocenters. The molecule has 6 heteroatoms. The number of rotatable bonds is 6. The van der Waals surface area contributed by atoms with Crippen molar-refractivity contribution in [3.05, 3.63) is 88.7 Å². The van der Waals surface area contributed by atoms with Gasteiger partial charge in [0.25, 0.3) is 0 Å². The number of ether oxygens (including phenoxy) is 1. The van der Waals surface area contributed by atoms with Crippen LogP contribution in [0.5, 0.6) is 5.75 Å². The van der Waals surface area contributed by atoms with E-state index >= 15 is 0 Å². The Hall–Kier alpha value is -3.12. The summed E-state index contributed by atoms with van der Waals surface area (Å²) >= 11 is 3.40. The number of anilines is 1. The predicted molar refractivity (Wildman–Crippen MR) is 118 cm³/mol. The van der Waals surface area contributed by atoms with Gasteiger partial charge in [-0.25, -0.2) is 4.98 Å². The maximum absolute atomic E-state index is 12.7. The quantitative estimate of drug-likeness (QED) is 0.432. The van der Waals surface area contributed by atoms with Crippen molar-refractivity contribution in [2.24, 2.45) is 0 Å². The van der Waals surface area contributed by atoms with E-state index in [-0.39, 0.29) is 19.1 Å². The van der Waals surface area contributed by atoms with Crippen molar-refractivity contribution in [2.75, 3.05) is 5.32 Å². The summed E-state index contributed by atoms with van der Waals surface area (Å²) in [6.45, 7) is 2.44. The number of nitrogens with one attached hydrogen (secondary N) is 1. The molecule has 5 nitrogen and oxygen atoms in total. The lowest BCUT2D eigenvalue weighted by Gasteiger charge is -2.12. The molecule has 4 aromatic rings. The minimum Gasteiger partial charge on any atom is -0.485 e. The summed E-state index contributed by atoms with van der Waals surface area (Å²) in [6, 6.07) is 23.1. The van der Waals surface area contributed by atoms with Crippen LogP contribution in [-0.4, -0.2) is 15.5 Å². The standard InChI is InChI=1S/C23H20BrN3O2/c1-16-6-2-5-9-21(16)29-15-22-26-19-7-3-4-8-20(19)27(22)14-23(28)25-18-12-10-17(24)11-13-18/h2-13H,14-15H2,1H3,(H,25,28). The van der Waals surface area contributed by atoms with Crippen LogP contribution in [0.4, 0.5) is 5.69 Å². The number of hydrogen-bond donors (Lipinski definition) is 1. The zero-order chi connectivity index (χ0) is 20.2. The number of benzene rings is 3. The second-order valence-electron chi connectivity index (χ2n) is 6.71. The molecule has 29 heavy (non-hydrogen) atoms. The molecular formula is C23H20BrN3O2. The lowest BCUT2D eigenvalue weighted by atomic mass is 10.2. The van der Waals surface area contributed by atoms with Gasteiger partial charge in [0.15, 0.2) is 0 Å². The summed E-state index contributed by atoms with van der Waals surface area (Å²) in [5.74, 6) is 1.40. The SMILES string of the molecule is Cc1ccccc1OCc1nc2ccccc2n1CC(=O)Nc1ccc(Br)cc1. The van der Waals surface area contributed by atoms with E-state index in [0.29, 0.717) is 5.82 Å². The van der Waals surface area contributed by atoms with Gasteiger partial charge in [-0.1, -0.05) is 46.3 Å². The summed E-state index contributed by atoms with van der Waals surface area (Å²) in [4.78, 5) is 17.4. The van der Waals surface area contributed by atoms with Crippen molar-refractivity contribution in [1.29, 1.82) is 0 Å². The summed E-state index contributed by atoms with van der Waals surface area (Å²) in [6.07, 6.45) is 0.